The molecule has 0 saturated carbocycles. The van der Waals surface area contributed by atoms with Gasteiger partial charge in [0.1, 0.15) is 17.3 Å². The fraction of sp³-hybridized carbons (Fsp3) is 0.259. The number of methoxy groups -OCH3 is 1. The second-order valence-electron chi connectivity index (χ2n) is 8.02. The number of para-hydroxylation sites is 3. The van der Waals surface area contributed by atoms with Crippen molar-refractivity contribution in [3.05, 3.63) is 89.7 Å². The van der Waals surface area contributed by atoms with Crippen molar-refractivity contribution in [3.63, 3.8) is 0 Å². The van der Waals surface area contributed by atoms with Gasteiger partial charge in [-0.05, 0) is 56.7 Å². The van der Waals surface area contributed by atoms with E-state index in [0.717, 1.165) is 35.6 Å². The van der Waals surface area contributed by atoms with Gasteiger partial charge in [-0.1, -0.05) is 42.0 Å². The molecular formula is C27H29N3O3. The summed E-state index contributed by atoms with van der Waals surface area (Å²) in [4.78, 5) is 17.8. The summed E-state index contributed by atoms with van der Waals surface area (Å²) in [5.74, 6) is 2.04. The molecule has 0 spiro atoms. The van der Waals surface area contributed by atoms with Crippen molar-refractivity contribution in [3.8, 4) is 11.5 Å². The SMILES string of the molecule is COc1ccccc1C(=O)NC(C)c1nc2ccccc2n1CCCOc1ccc(C)cc1. The van der Waals surface area contributed by atoms with Crippen molar-refractivity contribution in [1.29, 1.82) is 0 Å². The van der Waals surface area contributed by atoms with Crippen molar-refractivity contribution in [2.75, 3.05) is 13.7 Å². The van der Waals surface area contributed by atoms with E-state index in [-0.39, 0.29) is 11.9 Å². The summed E-state index contributed by atoms with van der Waals surface area (Å²) in [7, 11) is 1.56. The molecule has 1 N–H and O–H groups in total. The number of nitrogens with zero attached hydrogens (tertiary/aromatic N) is 2. The van der Waals surface area contributed by atoms with E-state index in [0.29, 0.717) is 17.9 Å². The van der Waals surface area contributed by atoms with Gasteiger partial charge < -0.3 is 19.4 Å². The fourth-order valence-electron chi connectivity index (χ4n) is 3.88. The number of nitrogens with one attached hydrogen (secondary N) is 1. The van der Waals surface area contributed by atoms with E-state index in [2.05, 4.69) is 22.9 Å². The second-order valence-corrected chi connectivity index (χ2v) is 8.02. The molecule has 0 saturated heterocycles. The van der Waals surface area contributed by atoms with Crippen LogP contribution in [0.3, 0.4) is 0 Å². The zero-order valence-corrected chi connectivity index (χ0v) is 19.2. The second kappa shape index (κ2) is 10.2. The number of hydrogen-bond acceptors (Lipinski definition) is 4. The highest BCUT2D eigenvalue weighted by Gasteiger charge is 2.20. The first-order valence-electron chi connectivity index (χ1n) is 11.2. The molecular weight excluding hydrogens is 414 g/mol. The van der Waals surface area contributed by atoms with E-state index in [1.807, 2.05) is 61.5 Å². The average molecular weight is 444 g/mol. The molecule has 33 heavy (non-hydrogen) atoms. The predicted molar refractivity (Wildman–Crippen MR) is 130 cm³/mol. The minimum atomic E-state index is -0.284. The molecule has 0 aliphatic heterocycles. The summed E-state index contributed by atoms with van der Waals surface area (Å²) in [5.41, 5.74) is 3.66. The number of benzene rings is 3. The van der Waals surface area contributed by atoms with Crippen LogP contribution in [0.2, 0.25) is 0 Å². The topological polar surface area (TPSA) is 65.4 Å². The maximum atomic E-state index is 12.9. The van der Waals surface area contributed by atoms with Crippen LogP contribution in [0.15, 0.2) is 72.8 Å². The van der Waals surface area contributed by atoms with Gasteiger partial charge in [-0.3, -0.25) is 4.79 Å². The number of rotatable bonds is 9. The lowest BCUT2D eigenvalue weighted by Crippen LogP contribution is -2.29. The number of amides is 1. The summed E-state index contributed by atoms with van der Waals surface area (Å²) < 4.78 is 13.4. The minimum Gasteiger partial charge on any atom is -0.496 e. The van der Waals surface area contributed by atoms with Gasteiger partial charge in [-0.15, -0.1) is 0 Å². The van der Waals surface area contributed by atoms with E-state index >= 15 is 0 Å². The van der Waals surface area contributed by atoms with Crippen molar-refractivity contribution in [2.24, 2.45) is 0 Å². The van der Waals surface area contributed by atoms with Gasteiger partial charge in [0.15, 0.2) is 0 Å². The Bertz CT molecular complexity index is 1230. The molecule has 0 radical (unpaired) electrons. The van der Waals surface area contributed by atoms with Crippen molar-refractivity contribution in [2.45, 2.75) is 32.9 Å². The normalized spacial score (nSPS) is 11.8. The number of ether oxygens (including phenoxy) is 2. The third kappa shape index (κ3) is 5.17. The Kier molecular flexibility index (Phi) is 6.93. The summed E-state index contributed by atoms with van der Waals surface area (Å²) in [5, 5.41) is 3.08. The molecule has 3 aromatic carbocycles. The lowest BCUT2D eigenvalue weighted by molar-refractivity contribution is 0.0934. The van der Waals surface area contributed by atoms with E-state index < -0.39 is 0 Å². The van der Waals surface area contributed by atoms with Crippen LogP contribution in [0.25, 0.3) is 11.0 Å². The molecule has 1 atom stereocenters. The number of fused-ring (bicyclic) bond motifs is 1. The van der Waals surface area contributed by atoms with Crippen LogP contribution < -0.4 is 14.8 Å². The van der Waals surface area contributed by atoms with Gasteiger partial charge in [0.2, 0.25) is 0 Å². The fourth-order valence-corrected chi connectivity index (χ4v) is 3.88. The molecule has 1 aromatic heterocycles. The summed E-state index contributed by atoms with van der Waals surface area (Å²) in [6, 6.07) is 23.0. The molecule has 4 rings (SSSR count). The van der Waals surface area contributed by atoms with Gasteiger partial charge >= 0.3 is 0 Å². The highest BCUT2D eigenvalue weighted by atomic mass is 16.5. The first-order chi connectivity index (χ1) is 16.1. The third-order valence-electron chi connectivity index (χ3n) is 5.59. The van der Waals surface area contributed by atoms with E-state index in [4.69, 9.17) is 14.5 Å². The van der Waals surface area contributed by atoms with Crippen LogP contribution in [0.5, 0.6) is 11.5 Å². The van der Waals surface area contributed by atoms with Crippen LogP contribution in [0.4, 0.5) is 0 Å². The summed E-state index contributed by atoms with van der Waals surface area (Å²) in [6.07, 6.45) is 0.814. The quantitative estimate of drug-likeness (QED) is 0.356. The smallest absolute Gasteiger partial charge is 0.255 e. The first-order valence-corrected chi connectivity index (χ1v) is 11.2. The molecule has 1 heterocycles. The van der Waals surface area contributed by atoms with Crippen molar-refractivity contribution >= 4 is 16.9 Å². The molecule has 6 nitrogen and oxygen atoms in total. The van der Waals surface area contributed by atoms with Gasteiger partial charge in [0.05, 0.1) is 36.4 Å². The van der Waals surface area contributed by atoms with Crippen LogP contribution in [-0.4, -0.2) is 29.2 Å². The highest BCUT2D eigenvalue weighted by Crippen LogP contribution is 2.23. The molecule has 0 bridgehead atoms. The Balaban J connectivity index is 1.49. The Hall–Kier alpha value is -3.80. The summed E-state index contributed by atoms with van der Waals surface area (Å²) in [6.45, 7) is 5.34. The summed E-state index contributed by atoms with van der Waals surface area (Å²) >= 11 is 0. The van der Waals surface area contributed by atoms with Gasteiger partial charge in [0.25, 0.3) is 5.91 Å². The van der Waals surface area contributed by atoms with Crippen LogP contribution in [-0.2, 0) is 6.54 Å². The van der Waals surface area contributed by atoms with Gasteiger partial charge in [0, 0.05) is 6.54 Å². The van der Waals surface area contributed by atoms with Crippen LogP contribution in [0, 0.1) is 6.92 Å². The molecule has 0 aliphatic carbocycles. The molecule has 6 heteroatoms. The zero-order chi connectivity index (χ0) is 23.2. The largest absolute Gasteiger partial charge is 0.496 e. The monoisotopic (exact) mass is 443 g/mol. The maximum Gasteiger partial charge on any atom is 0.255 e. The molecule has 4 aromatic rings. The van der Waals surface area contributed by atoms with Crippen LogP contribution >= 0.6 is 0 Å². The lowest BCUT2D eigenvalue weighted by Gasteiger charge is -2.17. The molecule has 1 amide bonds. The molecule has 0 fully saturated rings. The first kappa shape index (κ1) is 22.4. The number of aromatic nitrogens is 2. The molecule has 1 unspecified atom stereocenters. The average Bonchev–Trinajstić information content (AvgIpc) is 3.21. The predicted octanol–water partition coefficient (Wildman–Crippen LogP) is 5.31. The Labute approximate surface area is 194 Å². The minimum absolute atomic E-state index is 0.193. The maximum absolute atomic E-state index is 12.9. The van der Waals surface area contributed by atoms with Crippen LogP contribution in [0.1, 0.15) is 41.1 Å². The van der Waals surface area contributed by atoms with E-state index in [1.54, 1.807) is 19.2 Å². The Morgan fingerprint density at radius 2 is 1.76 bits per heavy atom. The molecule has 0 aliphatic rings. The van der Waals surface area contributed by atoms with Crippen molar-refractivity contribution < 1.29 is 14.3 Å². The highest BCUT2D eigenvalue weighted by molar-refractivity contribution is 5.97. The standard InChI is InChI=1S/C27H29N3O3/c1-19-13-15-21(16-14-19)33-18-8-17-30-24-11-6-5-10-23(24)29-26(30)20(2)28-27(31)22-9-4-7-12-25(22)32-3/h4-7,9-16,20H,8,17-18H2,1-3H3,(H,28,31). The lowest BCUT2D eigenvalue weighted by atomic mass is 10.1. The van der Waals surface area contributed by atoms with Gasteiger partial charge in [-0.2, -0.15) is 0 Å². The Morgan fingerprint density at radius 3 is 2.55 bits per heavy atom. The van der Waals surface area contributed by atoms with E-state index in [9.17, 15) is 4.79 Å². The molecule has 170 valence electrons. The number of imidazole rings is 1. The van der Waals surface area contributed by atoms with E-state index in [1.165, 1.54) is 5.56 Å². The number of hydrogen-bond donors (Lipinski definition) is 1. The Morgan fingerprint density at radius 1 is 1.03 bits per heavy atom. The number of carbonyl (C=O) groups excluding carboxylic acids is 1. The van der Waals surface area contributed by atoms with Gasteiger partial charge in [-0.25, -0.2) is 4.98 Å². The van der Waals surface area contributed by atoms with Crippen molar-refractivity contribution in [1.82, 2.24) is 14.9 Å². The third-order valence-corrected chi connectivity index (χ3v) is 5.59. The zero-order valence-electron chi connectivity index (χ0n) is 19.2. The number of carbonyl (C=O) groups is 1. The number of aryl methyl sites for hydroxylation is 2.